The fraction of sp³-hybridized carbons (Fsp3) is 0.857. The van der Waals surface area contributed by atoms with Crippen LogP contribution in [0.25, 0.3) is 0 Å². The number of hydrogen-bond donors (Lipinski definition) is 2. The highest BCUT2D eigenvalue weighted by Gasteiger charge is 2.43. The van der Waals surface area contributed by atoms with Crippen LogP contribution in [0.15, 0.2) is 0 Å². The largest absolute Gasteiger partial charge is 0.467 e. The summed E-state index contributed by atoms with van der Waals surface area (Å²) in [6, 6.07) is 0. The molecule has 0 aromatic carbocycles. The quantitative estimate of drug-likeness (QED) is 0.732. The highest BCUT2D eigenvalue weighted by molar-refractivity contribution is 5.88. The van der Waals surface area contributed by atoms with Crippen LogP contribution in [0.3, 0.4) is 0 Å². The maximum absolute atomic E-state index is 12.0. The van der Waals surface area contributed by atoms with E-state index < -0.39 is 5.54 Å². The van der Waals surface area contributed by atoms with Crippen molar-refractivity contribution in [3.8, 4) is 0 Å². The average molecular weight is 307 g/mol. The Hall–Kier alpha value is -0.810. The number of hydrogen-bond acceptors (Lipinski definition) is 4. The molecule has 0 aromatic heterocycles. The molecule has 5 nitrogen and oxygen atoms in total. The van der Waals surface area contributed by atoms with Crippen molar-refractivity contribution in [2.75, 3.05) is 20.7 Å². The first-order valence-electron chi connectivity index (χ1n) is 7.12. The minimum absolute atomic E-state index is 0. The molecule has 1 amide bonds. The van der Waals surface area contributed by atoms with Crippen molar-refractivity contribution in [2.24, 2.45) is 5.92 Å². The first kappa shape index (κ1) is 19.2. The van der Waals surface area contributed by atoms with Gasteiger partial charge in [-0.15, -0.1) is 12.4 Å². The molecule has 0 spiro atoms. The number of methoxy groups -OCH3 is 1. The number of carbonyl (C=O) groups is 2. The smallest absolute Gasteiger partial charge is 0.331 e. The molecule has 0 aliphatic heterocycles. The zero-order chi connectivity index (χ0) is 14.3. The number of amides is 1. The maximum Gasteiger partial charge on any atom is 0.331 e. The second-order valence-electron chi connectivity index (χ2n) is 5.33. The van der Waals surface area contributed by atoms with E-state index >= 15 is 0 Å². The van der Waals surface area contributed by atoms with Crippen molar-refractivity contribution < 1.29 is 14.3 Å². The van der Waals surface area contributed by atoms with Gasteiger partial charge in [-0.05, 0) is 38.6 Å². The summed E-state index contributed by atoms with van der Waals surface area (Å²) >= 11 is 0. The molecule has 0 aromatic rings. The van der Waals surface area contributed by atoms with Crippen LogP contribution in [0.5, 0.6) is 0 Å². The van der Waals surface area contributed by atoms with Crippen molar-refractivity contribution in [2.45, 2.75) is 51.0 Å². The van der Waals surface area contributed by atoms with Crippen molar-refractivity contribution in [3.05, 3.63) is 0 Å². The normalized spacial score (nSPS) is 25.4. The van der Waals surface area contributed by atoms with Gasteiger partial charge in [-0.2, -0.15) is 0 Å². The predicted octanol–water partition coefficient (Wildman–Crippen LogP) is 1.65. The summed E-state index contributed by atoms with van der Waals surface area (Å²) in [4.78, 5) is 23.9. The summed E-state index contributed by atoms with van der Waals surface area (Å²) < 4.78 is 4.90. The molecule has 6 heteroatoms. The van der Waals surface area contributed by atoms with Gasteiger partial charge in [0, 0.05) is 13.0 Å². The highest BCUT2D eigenvalue weighted by atomic mass is 35.5. The molecule has 0 bridgehead atoms. The number of rotatable bonds is 6. The Balaban J connectivity index is 0.00000361. The predicted molar refractivity (Wildman–Crippen MR) is 80.9 cm³/mol. The van der Waals surface area contributed by atoms with E-state index in [1.165, 1.54) is 7.11 Å². The van der Waals surface area contributed by atoms with E-state index in [-0.39, 0.29) is 24.3 Å². The molecule has 1 aliphatic rings. The molecule has 1 aliphatic carbocycles. The lowest BCUT2D eigenvalue weighted by atomic mass is 9.75. The van der Waals surface area contributed by atoms with Crippen LogP contribution >= 0.6 is 12.4 Å². The van der Waals surface area contributed by atoms with Gasteiger partial charge in [0.15, 0.2) is 0 Å². The molecule has 2 N–H and O–H groups in total. The second kappa shape index (κ2) is 9.19. The standard InChI is InChI=1S/C14H26N2O3.ClH/c1-4-11-5-8-14(9-6-11,13(18)19-3)16-12(17)7-10-15-2;/h11,15H,4-10H2,1-3H3,(H,16,17);1H. The van der Waals surface area contributed by atoms with Gasteiger partial charge in [-0.25, -0.2) is 4.79 Å². The fourth-order valence-electron chi connectivity index (χ4n) is 2.72. The number of ether oxygens (including phenoxy) is 1. The lowest BCUT2D eigenvalue weighted by Crippen LogP contribution is -2.57. The molecule has 0 radical (unpaired) electrons. The Labute approximate surface area is 127 Å². The summed E-state index contributed by atoms with van der Waals surface area (Å²) in [5.41, 5.74) is -0.800. The summed E-state index contributed by atoms with van der Waals surface area (Å²) in [7, 11) is 3.19. The molecule has 1 fully saturated rings. The third-order valence-corrected chi connectivity index (χ3v) is 4.09. The van der Waals surface area contributed by atoms with Gasteiger partial charge >= 0.3 is 5.97 Å². The minimum Gasteiger partial charge on any atom is -0.467 e. The zero-order valence-electron chi connectivity index (χ0n) is 12.7. The van der Waals surface area contributed by atoms with E-state index in [1.807, 2.05) is 0 Å². The molecular formula is C14H27ClN2O3. The van der Waals surface area contributed by atoms with Gasteiger partial charge in [0.1, 0.15) is 5.54 Å². The molecule has 0 saturated heterocycles. The first-order chi connectivity index (χ1) is 9.07. The van der Waals surface area contributed by atoms with E-state index in [1.54, 1.807) is 7.05 Å². The molecular weight excluding hydrogens is 280 g/mol. The van der Waals surface area contributed by atoms with E-state index in [2.05, 4.69) is 17.6 Å². The summed E-state index contributed by atoms with van der Waals surface area (Å²) in [6.07, 6.45) is 4.82. The summed E-state index contributed by atoms with van der Waals surface area (Å²) in [5.74, 6) is 0.265. The van der Waals surface area contributed by atoms with Crippen LogP contribution in [0.4, 0.5) is 0 Å². The molecule has 0 heterocycles. The monoisotopic (exact) mass is 306 g/mol. The number of halogens is 1. The summed E-state index contributed by atoms with van der Waals surface area (Å²) in [6.45, 7) is 2.78. The lowest BCUT2D eigenvalue weighted by molar-refractivity contribution is -0.153. The van der Waals surface area contributed by atoms with E-state index in [0.29, 0.717) is 31.7 Å². The van der Waals surface area contributed by atoms with Crippen molar-refractivity contribution >= 4 is 24.3 Å². The van der Waals surface area contributed by atoms with Gasteiger partial charge in [0.2, 0.25) is 5.91 Å². The molecule has 118 valence electrons. The highest BCUT2D eigenvalue weighted by Crippen LogP contribution is 2.34. The Bertz CT molecular complexity index is 316. The molecule has 20 heavy (non-hydrogen) atoms. The van der Waals surface area contributed by atoms with Gasteiger partial charge in [-0.3, -0.25) is 4.79 Å². The van der Waals surface area contributed by atoms with Gasteiger partial charge in [0.05, 0.1) is 7.11 Å². The SMILES string of the molecule is CCC1CCC(NC(=O)CCNC)(C(=O)OC)CC1.Cl. The van der Waals surface area contributed by atoms with Crippen LogP contribution in [0.1, 0.15) is 45.4 Å². The number of nitrogens with one attached hydrogen (secondary N) is 2. The van der Waals surface area contributed by atoms with Crippen LogP contribution in [0.2, 0.25) is 0 Å². The Morgan fingerprint density at radius 1 is 1.30 bits per heavy atom. The van der Waals surface area contributed by atoms with Crippen LogP contribution < -0.4 is 10.6 Å². The van der Waals surface area contributed by atoms with Gasteiger partial charge < -0.3 is 15.4 Å². The lowest BCUT2D eigenvalue weighted by Gasteiger charge is -2.38. The molecule has 0 atom stereocenters. The third kappa shape index (κ3) is 4.94. The summed E-state index contributed by atoms with van der Waals surface area (Å²) in [5, 5.41) is 5.84. The molecule has 1 rings (SSSR count). The van der Waals surface area contributed by atoms with E-state index in [4.69, 9.17) is 4.74 Å². The Morgan fingerprint density at radius 2 is 1.90 bits per heavy atom. The number of esters is 1. The van der Waals surface area contributed by atoms with Gasteiger partial charge in [-0.1, -0.05) is 13.3 Å². The van der Waals surface area contributed by atoms with Crippen LogP contribution in [-0.4, -0.2) is 38.1 Å². The Kier molecular flexibility index (Phi) is 8.81. The molecule has 0 unspecified atom stereocenters. The zero-order valence-corrected chi connectivity index (χ0v) is 13.5. The third-order valence-electron chi connectivity index (χ3n) is 4.09. The van der Waals surface area contributed by atoms with Crippen molar-refractivity contribution in [1.82, 2.24) is 10.6 Å². The number of carbonyl (C=O) groups excluding carboxylic acids is 2. The van der Waals surface area contributed by atoms with Crippen molar-refractivity contribution in [3.63, 3.8) is 0 Å². The van der Waals surface area contributed by atoms with Gasteiger partial charge in [0.25, 0.3) is 0 Å². The van der Waals surface area contributed by atoms with E-state index in [9.17, 15) is 9.59 Å². The Morgan fingerprint density at radius 3 is 2.35 bits per heavy atom. The molecule has 1 saturated carbocycles. The van der Waals surface area contributed by atoms with Crippen molar-refractivity contribution in [1.29, 1.82) is 0 Å². The topological polar surface area (TPSA) is 67.4 Å². The van der Waals surface area contributed by atoms with E-state index in [0.717, 1.165) is 19.3 Å². The maximum atomic E-state index is 12.0. The second-order valence-corrected chi connectivity index (χ2v) is 5.33. The minimum atomic E-state index is -0.800. The van der Waals surface area contributed by atoms with Crippen LogP contribution in [0, 0.1) is 5.92 Å². The average Bonchev–Trinajstić information content (AvgIpc) is 2.44. The first-order valence-corrected chi connectivity index (χ1v) is 7.12. The fourth-order valence-corrected chi connectivity index (χ4v) is 2.72. The van der Waals surface area contributed by atoms with Crippen LogP contribution in [-0.2, 0) is 14.3 Å².